The van der Waals surface area contributed by atoms with Crippen LogP contribution in [0, 0.1) is 11.3 Å². The molecule has 1 unspecified atom stereocenters. The van der Waals surface area contributed by atoms with E-state index < -0.39 is 11.4 Å². The molecule has 5 heteroatoms. The molecular weight excluding hydrogens is 246 g/mol. The standard InChI is InChI=1S/C14H25NO4/c1-3-14(4-2,13(18)19)9-12(17)15-7-5-11(10-15)6-8-16/h11,16H,3-10H2,1-2H3,(H,18,19). The average Bonchev–Trinajstić information content (AvgIpc) is 2.84. The summed E-state index contributed by atoms with van der Waals surface area (Å²) in [5.74, 6) is -0.583. The first kappa shape index (κ1) is 16.0. The van der Waals surface area contributed by atoms with Crippen LogP contribution >= 0.6 is 0 Å². The van der Waals surface area contributed by atoms with Gasteiger partial charge in [-0.3, -0.25) is 9.59 Å². The van der Waals surface area contributed by atoms with Gasteiger partial charge in [0.05, 0.1) is 5.41 Å². The van der Waals surface area contributed by atoms with Crippen LogP contribution in [-0.4, -0.2) is 46.7 Å². The van der Waals surface area contributed by atoms with Crippen molar-refractivity contribution >= 4 is 11.9 Å². The maximum Gasteiger partial charge on any atom is 0.310 e. The summed E-state index contributed by atoms with van der Waals surface area (Å²) in [7, 11) is 0. The van der Waals surface area contributed by atoms with Gasteiger partial charge in [-0.15, -0.1) is 0 Å². The van der Waals surface area contributed by atoms with Gasteiger partial charge in [-0.1, -0.05) is 13.8 Å². The molecule has 1 aliphatic rings. The molecule has 1 heterocycles. The number of carboxylic acid groups (broad SMARTS) is 1. The van der Waals surface area contributed by atoms with Gasteiger partial charge in [0.1, 0.15) is 0 Å². The molecule has 0 aromatic carbocycles. The number of carbonyl (C=O) groups excluding carboxylic acids is 1. The number of rotatable bonds is 7. The van der Waals surface area contributed by atoms with Gasteiger partial charge in [-0.2, -0.15) is 0 Å². The van der Waals surface area contributed by atoms with Crippen molar-refractivity contribution in [2.45, 2.75) is 46.0 Å². The zero-order valence-electron chi connectivity index (χ0n) is 11.9. The van der Waals surface area contributed by atoms with Crippen molar-refractivity contribution in [1.82, 2.24) is 4.90 Å². The van der Waals surface area contributed by atoms with Gasteiger partial charge in [0.25, 0.3) is 0 Å². The van der Waals surface area contributed by atoms with E-state index in [2.05, 4.69) is 0 Å². The summed E-state index contributed by atoms with van der Waals surface area (Å²) in [5.41, 5.74) is -0.924. The molecule has 0 aliphatic carbocycles. The predicted molar refractivity (Wildman–Crippen MR) is 71.7 cm³/mol. The van der Waals surface area contributed by atoms with E-state index in [1.165, 1.54) is 0 Å². The maximum atomic E-state index is 12.2. The number of carbonyl (C=O) groups is 2. The zero-order chi connectivity index (χ0) is 14.5. The Hall–Kier alpha value is -1.10. The Bertz CT molecular complexity index is 325. The first-order valence-electron chi connectivity index (χ1n) is 7.11. The number of hydrogen-bond donors (Lipinski definition) is 2. The summed E-state index contributed by atoms with van der Waals surface area (Å²) in [4.78, 5) is 25.4. The van der Waals surface area contributed by atoms with Gasteiger partial charge >= 0.3 is 5.97 Å². The zero-order valence-corrected chi connectivity index (χ0v) is 11.9. The largest absolute Gasteiger partial charge is 0.481 e. The third-order valence-corrected chi connectivity index (χ3v) is 4.47. The van der Waals surface area contributed by atoms with Gasteiger partial charge in [0, 0.05) is 26.1 Å². The molecule has 0 bridgehead atoms. The summed E-state index contributed by atoms with van der Waals surface area (Å²) in [6.07, 6.45) is 2.65. The molecule has 1 atom stereocenters. The minimum absolute atomic E-state index is 0.0634. The highest BCUT2D eigenvalue weighted by atomic mass is 16.4. The average molecular weight is 271 g/mol. The third-order valence-electron chi connectivity index (χ3n) is 4.47. The van der Waals surface area contributed by atoms with Crippen molar-refractivity contribution < 1.29 is 19.8 Å². The van der Waals surface area contributed by atoms with E-state index in [9.17, 15) is 14.7 Å². The Morgan fingerprint density at radius 3 is 2.42 bits per heavy atom. The van der Waals surface area contributed by atoms with Gasteiger partial charge in [-0.05, 0) is 31.6 Å². The molecule has 1 fully saturated rings. The number of amides is 1. The minimum Gasteiger partial charge on any atom is -0.481 e. The molecular formula is C14H25NO4. The van der Waals surface area contributed by atoms with Crippen LogP contribution in [0.25, 0.3) is 0 Å². The van der Waals surface area contributed by atoms with Crippen LogP contribution in [0.1, 0.15) is 46.0 Å². The third kappa shape index (κ3) is 3.69. The molecule has 0 saturated carbocycles. The van der Waals surface area contributed by atoms with Crippen LogP contribution in [0.3, 0.4) is 0 Å². The smallest absolute Gasteiger partial charge is 0.310 e. The Kier molecular flexibility index (Phi) is 5.79. The number of aliphatic hydroxyl groups is 1. The van der Waals surface area contributed by atoms with Crippen LogP contribution in [0.15, 0.2) is 0 Å². The fraction of sp³-hybridized carbons (Fsp3) is 0.857. The molecule has 2 N–H and O–H groups in total. The number of aliphatic carboxylic acids is 1. The normalized spacial score (nSPS) is 19.7. The van der Waals surface area contributed by atoms with Crippen molar-refractivity contribution in [1.29, 1.82) is 0 Å². The Balaban J connectivity index is 2.61. The summed E-state index contributed by atoms with van der Waals surface area (Å²) in [6.45, 7) is 5.14. The molecule has 1 saturated heterocycles. The molecule has 5 nitrogen and oxygen atoms in total. The Morgan fingerprint density at radius 2 is 1.95 bits per heavy atom. The second-order valence-corrected chi connectivity index (χ2v) is 5.48. The molecule has 19 heavy (non-hydrogen) atoms. The predicted octanol–water partition coefficient (Wildman–Crippen LogP) is 1.50. The molecule has 0 aromatic rings. The lowest BCUT2D eigenvalue weighted by Gasteiger charge is -2.28. The van der Waals surface area contributed by atoms with Crippen LogP contribution in [-0.2, 0) is 9.59 Å². The second kappa shape index (κ2) is 6.89. The van der Waals surface area contributed by atoms with E-state index in [4.69, 9.17) is 5.11 Å². The molecule has 110 valence electrons. The van der Waals surface area contributed by atoms with Crippen LogP contribution < -0.4 is 0 Å². The van der Waals surface area contributed by atoms with E-state index in [1.807, 2.05) is 13.8 Å². The highest BCUT2D eigenvalue weighted by Gasteiger charge is 2.39. The van der Waals surface area contributed by atoms with Crippen molar-refractivity contribution in [2.75, 3.05) is 19.7 Å². The SMILES string of the molecule is CCC(CC)(CC(=O)N1CCC(CCO)C1)C(=O)O. The van der Waals surface area contributed by atoms with Gasteiger partial charge in [-0.25, -0.2) is 0 Å². The van der Waals surface area contributed by atoms with Gasteiger partial charge in [0.2, 0.25) is 5.91 Å². The lowest BCUT2D eigenvalue weighted by atomic mass is 9.79. The fourth-order valence-electron chi connectivity index (χ4n) is 2.76. The van der Waals surface area contributed by atoms with E-state index in [-0.39, 0.29) is 18.9 Å². The van der Waals surface area contributed by atoms with Crippen molar-refractivity contribution in [3.8, 4) is 0 Å². The van der Waals surface area contributed by atoms with Crippen LogP contribution in [0.2, 0.25) is 0 Å². The molecule has 1 aliphatic heterocycles. The highest BCUT2D eigenvalue weighted by molar-refractivity contribution is 5.85. The molecule has 0 spiro atoms. The molecule has 0 aromatic heterocycles. The van der Waals surface area contributed by atoms with Crippen molar-refractivity contribution in [3.05, 3.63) is 0 Å². The number of hydrogen-bond acceptors (Lipinski definition) is 3. The molecule has 1 amide bonds. The topological polar surface area (TPSA) is 77.8 Å². The van der Waals surface area contributed by atoms with Gasteiger partial charge < -0.3 is 15.1 Å². The number of nitrogens with zero attached hydrogens (tertiary/aromatic N) is 1. The molecule has 1 rings (SSSR count). The monoisotopic (exact) mass is 271 g/mol. The quantitative estimate of drug-likeness (QED) is 0.735. The minimum atomic E-state index is -0.924. The fourth-order valence-corrected chi connectivity index (χ4v) is 2.76. The Morgan fingerprint density at radius 1 is 1.32 bits per heavy atom. The lowest BCUT2D eigenvalue weighted by molar-refractivity contribution is -0.154. The van der Waals surface area contributed by atoms with E-state index in [0.717, 1.165) is 12.8 Å². The lowest BCUT2D eigenvalue weighted by Crippen LogP contribution is -2.38. The first-order valence-corrected chi connectivity index (χ1v) is 7.11. The Labute approximate surface area is 114 Å². The van der Waals surface area contributed by atoms with Crippen LogP contribution in [0.5, 0.6) is 0 Å². The van der Waals surface area contributed by atoms with Crippen molar-refractivity contribution in [3.63, 3.8) is 0 Å². The summed E-state index contributed by atoms with van der Waals surface area (Å²) >= 11 is 0. The van der Waals surface area contributed by atoms with Crippen molar-refractivity contribution in [2.24, 2.45) is 11.3 Å². The van der Waals surface area contributed by atoms with E-state index in [1.54, 1.807) is 4.90 Å². The number of carboxylic acids is 1. The van der Waals surface area contributed by atoms with Crippen LogP contribution in [0.4, 0.5) is 0 Å². The summed E-state index contributed by atoms with van der Waals surface area (Å²) in [5, 5.41) is 18.3. The van der Waals surface area contributed by atoms with Gasteiger partial charge in [0.15, 0.2) is 0 Å². The maximum absolute atomic E-state index is 12.2. The van der Waals surface area contributed by atoms with E-state index in [0.29, 0.717) is 31.8 Å². The summed E-state index contributed by atoms with van der Waals surface area (Å²) < 4.78 is 0. The molecule has 0 radical (unpaired) electrons. The first-order chi connectivity index (χ1) is 8.99. The summed E-state index contributed by atoms with van der Waals surface area (Å²) in [6, 6.07) is 0. The number of likely N-dealkylation sites (tertiary alicyclic amines) is 1. The highest BCUT2D eigenvalue weighted by Crippen LogP contribution is 2.32. The number of aliphatic hydroxyl groups excluding tert-OH is 1. The van der Waals surface area contributed by atoms with E-state index >= 15 is 0 Å². The second-order valence-electron chi connectivity index (χ2n) is 5.48.